The van der Waals surface area contributed by atoms with Gasteiger partial charge in [0.25, 0.3) is 10.1 Å². The fraction of sp³-hybridized carbons (Fsp3) is 0.600. The van der Waals surface area contributed by atoms with E-state index in [4.69, 9.17) is 4.55 Å². The summed E-state index contributed by atoms with van der Waals surface area (Å²) in [4.78, 5) is 0. The largest absolute Gasteiger partial charge is 0.285 e. The van der Waals surface area contributed by atoms with Gasteiger partial charge < -0.3 is 0 Å². The molecular formula is C15H24O3S. The van der Waals surface area contributed by atoms with Crippen LogP contribution in [0.25, 0.3) is 0 Å². The normalized spacial score (nSPS) is 12.6. The van der Waals surface area contributed by atoms with Crippen LogP contribution in [0.15, 0.2) is 24.3 Å². The molecule has 0 radical (unpaired) electrons. The van der Waals surface area contributed by atoms with Gasteiger partial charge in [0, 0.05) is 0 Å². The molecule has 4 heteroatoms. The number of benzene rings is 1. The first kappa shape index (κ1) is 16.2. The number of rotatable bonds is 7. The fourth-order valence-electron chi connectivity index (χ4n) is 2.22. The van der Waals surface area contributed by atoms with Crippen molar-refractivity contribution in [1.29, 1.82) is 0 Å². The Morgan fingerprint density at radius 3 is 2.16 bits per heavy atom. The van der Waals surface area contributed by atoms with Crippen molar-refractivity contribution < 1.29 is 13.0 Å². The standard InChI is InChI=1S/C15H24O3S/c1-4-5-6-11-15(2,3)14-9-7-13(8-10-14)12-19(16,17)18/h7-10H,4-6,11-12H2,1-3H3,(H,16,17,18). The third-order valence-electron chi connectivity index (χ3n) is 3.49. The molecule has 0 amide bonds. The minimum absolute atomic E-state index is 0.103. The Hall–Kier alpha value is -0.870. The summed E-state index contributed by atoms with van der Waals surface area (Å²) in [6, 6.07) is 7.49. The molecule has 108 valence electrons. The second kappa shape index (κ2) is 6.53. The van der Waals surface area contributed by atoms with Crippen LogP contribution >= 0.6 is 0 Å². The van der Waals surface area contributed by atoms with Crippen LogP contribution in [-0.2, 0) is 21.3 Å². The summed E-state index contributed by atoms with van der Waals surface area (Å²) in [6.07, 6.45) is 4.78. The van der Waals surface area contributed by atoms with Crippen LogP contribution in [0.4, 0.5) is 0 Å². The maximum atomic E-state index is 10.8. The lowest BCUT2D eigenvalue weighted by molar-refractivity contribution is 0.450. The van der Waals surface area contributed by atoms with E-state index in [1.54, 1.807) is 12.1 Å². The first-order valence-electron chi connectivity index (χ1n) is 6.79. The highest BCUT2D eigenvalue weighted by Crippen LogP contribution is 2.29. The average Bonchev–Trinajstić information content (AvgIpc) is 2.27. The molecule has 0 spiro atoms. The summed E-state index contributed by atoms with van der Waals surface area (Å²) in [7, 11) is -3.94. The predicted molar refractivity (Wildman–Crippen MR) is 78.9 cm³/mol. The molecule has 0 aromatic heterocycles. The highest BCUT2D eigenvalue weighted by molar-refractivity contribution is 7.85. The molecule has 1 N–H and O–H groups in total. The van der Waals surface area contributed by atoms with Crippen LogP contribution in [0.2, 0.25) is 0 Å². The molecule has 0 heterocycles. The summed E-state index contributed by atoms with van der Waals surface area (Å²) in [5.41, 5.74) is 1.93. The van der Waals surface area contributed by atoms with E-state index >= 15 is 0 Å². The molecule has 19 heavy (non-hydrogen) atoms. The fourth-order valence-corrected chi connectivity index (χ4v) is 2.84. The molecule has 0 bridgehead atoms. The Labute approximate surface area is 116 Å². The maximum Gasteiger partial charge on any atom is 0.269 e. The summed E-state index contributed by atoms with van der Waals surface area (Å²) >= 11 is 0. The van der Waals surface area contributed by atoms with Gasteiger partial charge in [0.1, 0.15) is 5.75 Å². The van der Waals surface area contributed by atoms with Crippen molar-refractivity contribution in [2.24, 2.45) is 0 Å². The van der Waals surface area contributed by atoms with E-state index in [9.17, 15) is 8.42 Å². The molecule has 0 aliphatic heterocycles. The SMILES string of the molecule is CCCCCC(C)(C)c1ccc(CS(=O)(=O)O)cc1. The van der Waals surface area contributed by atoms with Crippen LogP contribution in [-0.4, -0.2) is 13.0 Å². The van der Waals surface area contributed by atoms with Crippen LogP contribution < -0.4 is 0 Å². The van der Waals surface area contributed by atoms with Gasteiger partial charge in [-0.1, -0.05) is 64.3 Å². The first-order valence-corrected chi connectivity index (χ1v) is 8.40. The Kier molecular flexibility index (Phi) is 5.56. The second-order valence-electron chi connectivity index (χ2n) is 5.76. The highest BCUT2D eigenvalue weighted by atomic mass is 32.2. The van der Waals surface area contributed by atoms with Gasteiger partial charge in [-0.2, -0.15) is 8.42 Å². The molecule has 0 saturated carbocycles. The molecule has 3 nitrogen and oxygen atoms in total. The van der Waals surface area contributed by atoms with Crippen LogP contribution in [0.1, 0.15) is 57.6 Å². The van der Waals surface area contributed by atoms with E-state index in [1.165, 1.54) is 24.8 Å². The van der Waals surface area contributed by atoms with E-state index in [0.717, 1.165) is 6.42 Å². The lowest BCUT2D eigenvalue weighted by Crippen LogP contribution is -2.17. The molecule has 1 rings (SSSR count). The quantitative estimate of drug-likeness (QED) is 0.609. The van der Waals surface area contributed by atoms with Crippen molar-refractivity contribution in [1.82, 2.24) is 0 Å². The third kappa shape index (κ3) is 5.74. The summed E-state index contributed by atoms with van der Waals surface area (Å²) in [6.45, 7) is 6.61. The average molecular weight is 284 g/mol. The van der Waals surface area contributed by atoms with Crippen molar-refractivity contribution in [2.45, 2.75) is 57.6 Å². The van der Waals surface area contributed by atoms with Gasteiger partial charge in [0.2, 0.25) is 0 Å². The number of unbranched alkanes of at least 4 members (excludes halogenated alkanes) is 2. The predicted octanol–water partition coefficient (Wildman–Crippen LogP) is 3.93. The molecule has 0 aliphatic carbocycles. The van der Waals surface area contributed by atoms with Crippen molar-refractivity contribution in [2.75, 3.05) is 0 Å². The Balaban J connectivity index is 2.74. The number of hydrogen-bond donors (Lipinski definition) is 1. The number of hydrogen-bond acceptors (Lipinski definition) is 2. The maximum absolute atomic E-state index is 10.8. The zero-order valence-corrected chi connectivity index (χ0v) is 12.8. The van der Waals surface area contributed by atoms with Crippen LogP contribution in [0.3, 0.4) is 0 Å². The highest BCUT2D eigenvalue weighted by Gasteiger charge is 2.20. The van der Waals surface area contributed by atoms with Crippen LogP contribution in [0.5, 0.6) is 0 Å². The van der Waals surface area contributed by atoms with Gasteiger partial charge in [-0.3, -0.25) is 4.55 Å². The first-order chi connectivity index (χ1) is 8.74. The van der Waals surface area contributed by atoms with E-state index in [-0.39, 0.29) is 11.2 Å². The molecule has 0 saturated heterocycles. The summed E-state index contributed by atoms with van der Waals surface area (Å²) in [5, 5.41) is 0. The third-order valence-corrected chi connectivity index (χ3v) is 4.19. The molecule has 1 aromatic carbocycles. The molecule has 1 aromatic rings. The van der Waals surface area contributed by atoms with Crippen LogP contribution in [0, 0.1) is 0 Å². The molecule has 0 atom stereocenters. The topological polar surface area (TPSA) is 54.4 Å². The minimum atomic E-state index is -3.94. The van der Waals surface area contributed by atoms with Crippen molar-refractivity contribution in [3.8, 4) is 0 Å². The molecule has 0 unspecified atom stereocenters. The van der Waals surface area contributed by atoms with Gasteiger partial charge >= 0.3 is 0 Å². The lowest BCUT2D eigenvalue weighted by atomic mass is 9.80. The van der Waals surface area contributed by atoms with E-state index in [1.807, 2.05) is 12.1 Å². The van der Waals surface area contributed by atoms with Gasteiger partial charge in [-0.15, -0.1) is 0 Å². The van der Waals surface area contributed by atoms with Crippen molar-refractivity contribution in [3.63, 3.8) is 0 Å². The Bertz CT molecular complexity index is 487. The Morgan fingerprint density at radius 1 is 1.11 bits per heavy atom. The summed E-state index contributed by atoms with van der Waals surface area (Å²) < 4.78 is 30.4. The van der Waals surface area contributed by atoms with Gasteiger partial charge in [0.15, 0.2) is 0 Å². The van der Waals surface area contributed by atoms with Gasteiger partial charge in [-0.05, 0) is 23.0 Å². The summed E-state index contributed by atoms with van der Waals surface area (Å²) in [5.74, 6) is -0.316. The Morgan fingerprint density at radius 2 is 1.68 bits per heavy atom. The monoisotopic (exact) mass is 284 g/mol. The second-order valence-corrected chi connectivity index (χ2v) is 7.22. The van der Waals surface area contributed by atoms with E-state index in [2.05, 4.69) is 20.8 Å². The lowest BCUT2D eigenvalue weighted by Gasteiger charge is -2.25. The van der Waals surface area contributed by atoms with Crippen molar-refractivity contribution in [3.05, 3.63) is 35.4 Å². The molecular weight excluding hydrogens is 260 g/mol. The minimum Gasteiger partial charge on any atom is -0.285 e. The van der Waals surface area contributed by atoms with Crippen molar-refractivity contribution >= 4 is 10.1 Å². The molecule has 0 aliphatic rings. The zero-order valence-electron chi connectivity index (χ0n) is 12.0. The zero-order chi connectivity index (χ0) is 14.5. The smallest absolute Gasteiger partial charge is 0.269 e. The van der Waals surface area contributed by atoms with E-state index < -0.39 is 10.1 Å². The molecule has 0 fully saturated rings. The van der Waals surface area contributed by atoms with Gasteiger partial charge in [0.05, 0.1) is 0 Å². The van der Waals surface area contributed by atoms with Gasteiger partial charge in [-0.25, -0.2) is 0 Å². The van der Waals surface area contributed by atoms with E-state index in [0.29, 0.717) is 5.56 Å².